The van der Waals surface area contributed by atoms with Crippen molar-refractivity contribution in [2.24, 2.45) is 0 Å². The van der Waals surface area contributed by atoms with Gasteiger partial charge >= 0.3 is 0 Å². The van der Waals surface area contributed by atoms with Gasteiger partial charge in [0.1, 0.15) is 0 Å². The van der Waals surface area contributed by atoms with E-state index in [0.29, 0.717) is 0 Å². The smallest absolute Gasteiger partial charge is 0.269 e. The van der Waals surface area contributed by atoms with Gasteiger partial charge in [-0.1, -0.05) is 24.3 Å². The first kappa shape index (κ1) is 12.1. The van der Waals surface area contributed by atoms with Crippen LogP contribution in [0.25, 0.3) is 23.1 Å². The Balaban J connectivity index is 1.88. The fraction of sp³-hybridized carbons (Fsp3) is 0. The summed E-state index contributed by atoms with van der Waals surface area (Å²) in [5.74, 6) is 0. The number of nitrogens with one attached hydrogen (secondary N) is 1. The zero-order valence-electron chi connectivity index (χ0n) is 10.5. The van der Waals surface area contributed by atoms with Crippen LogP contribution in [0.4, 0.5) is 5.69 Å². The van der Waals surface area contributed by atoms with Gasteiger partial charge in [-0.3, -0.25) is 15.2 Å². The molecule has 3 aromatic rings. The summed E-state index contributed by atoms with van der Waals surface area (Å²) < 4.78 is 0. The van der Waals surface area contributed by atoms with Crippen molar-refractivity contribution in [1.29, 1.82) is 0 Å². The van der Waals surface area contributed by atoms with Crippen molar-refractivity contribution in [2.45, 2.75) is 0 Å². The summed E-state index contributed by atoms with van der Waals surface area (Å²) in [5, 5.41) is 18.8. The van der Waals surface area contributed by atoms with Gasteiger partial charge in [0.15, 0.2) is 0 Å². The van der Waals surface area contributed by atoms with E-state index in [0.717, 1.165) is 22.2 Å². The molecule has 0 atom stereocenters. The lowest BCUT2D eigenvalue weighted by Gasteiger charge is -1.93. The summed E-state index contributed by atoms with van der Waals surface area (Å²) in [4.78, 5) is 10.2. The molecule has 0 radical (unpaired) electrons. The van der Waals surface area contributed by atoms with Gasteiger partial charge in [-0.2, -0.15) is 5.10 Å². The molecule has 1 N–H and O–H groups in total. The van der Waals surface area contributed by atoms with E-state index in [1.54, 1.807) is 12.1 Å². The van der Waals surface area contributed by atoms with E-state index in [9.17, 15) is 10.1 Å². The van der Waals surface area contributed by atoms with Crippen LogP contribution in [0.1, 0.15) is 11.3 Å². The Hall–Kier alpha value is -2.95. The van der Waals surface area contributed by atoms with Crippen molar-refractivity contribution < 1.29 is 4.92 Å². The van der Waals surface area contributed by atoms with Crippen molar-refractivity contribution in [3.8, 4) is 0 Å². The number of benzene rings is 2. The number of nitro groups is 1. The number of hydrogen-bond acceptors (Lipinski definition) is 3. The number of hydrogen-bond donors (Lipinski definition) is 1. The maximum Gasteiger partial charge on any atom is 0.269 e. The van der Waals surface area contributed by atoms with Crippen LogP contribution >= 0.6 is 0 Å². The number of para-hydroxylation sites is 1. The van der Waals surface area contributed by atoms with Crippen molar-refractivity contribution in [1.82, 2.24) is 10.2 Å². The Morgan fingerprint density at radius 3 is 2.55 bits per heavy atom. The second-order valence-electron chi connectivity index (χ2n) is 4.34. The van der Waals surface area contributed by atoms with Crippen LogP contribution < -0.4 is 0 Å². The van der Waals surface area contributed by atoms with Crippen LogP contribution in [-0.4, -0.2) is 15.1 Å². The minimum Gasteiger partial charge on any atom is -0.277 e. The lowest BCUT2D eigenvalue weighted by atomic mass is 10.1. The minimum atomic E-state index is -0.408. The van der Waals surface area contributed by atoms with E-state index in [4.69, 9.17) is 0 Å². The Morgan fingerprint density at radius 2 is 1.80 bits per heavy atom. The second-order valence-corrected chi connectivity index (χ2v) is 4.34. The van der Waals surface area contributed by atoms with E-state index in [-0.39, 0.29) is 5.69 Å². The molecule has 1 heterocycles. The lowest BCUT2D eigenvalue weighted by molar-refractivity contribution is -0.384. The molecule has 0 saturated heterocycles. The molecule has 1 aromatic heterocycles. The first-order valence-electron chi connectivity index (χ1n) is 6.10. The van der Waals surface area contributed by atoms with E-state index >= 15 is 0 Å². The molecule has 0 bridgehead atoms. The number of nitrogens with zero attached hydrogens (tertiary/aromatic N) is 2. The van der Waals surface area contributed by atoms with Gasteiger partial charge in [0.05, 0.1) is 16.1 Å². The number of rotatable bonds is 3. The van der Waals surface area contributed by atoms with Crippen LogP contribution in [0, 0.1) is 10.1 Å². The first-order chi connectivity index (χ1) is 9.74. The lowest BCUT2D eigenvalue weighted by Crippen LogP contribution is -1.86. The molecule has 5 nitrogen and oxygen atoms in total. The summed E-state index contributed by atoms with van der Waals surface area (Å²) >= 11 is 0. The highest BCUT2D eigenvalue weighted by Crippen LogP contribution is 2.18. The van der Waals surface area contributed by atoms with Crippen LogP contribution in [0.3, 0.4) is 0 Å². The van der Waals surface area contributed by atoms with Crippen molar-refractivity contribution >= 4 is 28.7 Å². The van der Waals surface area contributed by atoms with E-state index in [1.807, 2.05) is 36.4 Å². The molecule has 0 fully saturated rings. The van der Waals surface area contributed by atoms with E-state index in [1.165, 1.54) is 12.1 Å². The van der Waals surface area contributed by atoms with Crippen molar-refractivity contribution in [3.63, 3.8) is 0 Å². The molecule has 5 heteroatoms. The van der Waals surface area contributed by atoms with Gasteiger partial charge in [-0.15, -0.1) is 0 Å². The highest BCUT2D eigenvalue weighted by atomic mass is 16.6. The number of aromatic nitrogens is 2. The average Bonchev–Trinajstić information content (AvgIpc) is 2.89. The monoisotopic (exact) mass is 265 g/mol. The maximum atomic E-state index is 10.6. The topological polar surface area (TPSA) is 71.8 Å². The molecular formula is C15H11N3O2. The van der Waals surface area contributed by atoms with Gasteiger partial charge in [0, 0.05) is 17.5 Å². The average molecular weight is 265 g/mol. The molecule has 0 aliphatic rings. The number of H-pyrrole nitrogens is 1. The molecular weight excluding hydrogens is 254 g/mol. The summed E-state index contributed by atoms with van der Waals surface area (Å²) in [7, 11) is 0. The third-order valence-electron chi connectivity index (χ3n) is 3.04. The zero-order valence-corrected chi connectivity index (χ0v) is 10.5. The third kappa shape index (κ3) is 2.29. The molecule has 20 heavy (non-hydrogen) atoms. The van der Waals surface area contributed by atoms with Crippen molar-refractivity contribution in [3.05, 3.63) is 69.9 Å². The quantitative estimate of drug-likeness (QED) is 0.580. The molecule has 0 spiro atoms. The Labute approximate surface area is 114 Å². The molecule has 0 amide bonds. The van der Waals surface area contributed by atoms with Gasteiger partial charge in [0.2, 0.25) is 0 Å². The largest absolute Gasteiger partial charge is 0.277 e. The number of fused-ring (bicyclic) bond motifs is 1. The second kappa shape index (κ2) is 4.97. The van der Waals surface area contributed by atoms with E-state index < -0.39 is 4.92 Å². The summed E-state index contributed by atoms with van der Waals surface area (Å²) in [5.41, 5.74) is 2.81. The Morgan fingerprint density at radius 1 is 1.05 bits per heavy atom. The summed E-state index contributed by atoms with van der Waals surface area (Å²) in [6.45, 7) is 0. The number of aromatic amines is 1. The maximum absolute atomic E-state index is 10.6. The van der Waals surface area contributed by atoms with Crippen LogP contribution in [-0.2, 0) is 0 Å². The normalized spacial score (nSPS) is 11.2. The fourth-order valence-corrected chi connectivity index (χ4v) is 1.99. The fourth-order valence-electron chi connectivity index (χ4n) is 1.99. The van der Waals surface area contributed by atoms with Gasteiger partial charge in [0.25, 0.3) is 5.69 Å². The minimum absolute atomic E-state index is 0.0902. The van der Waals surface area contributed by atoms with Crippen LogP contribution in [0.15, 0.2) is 48.5 Å². The number of nitro benzene ring substituents is 1. The molecule has 3 rings (SSSR count). The zero-order chi connectivity index (χ0) is 13.9. The SMILES string of the molecule is O=[N+]([O-])c1ccc(/C=C/c2n[nH]c3ccccc23)cc1. The summed E-state index contributed by atoms with van der Waals surface area (Å²) in [6.07, 6.45) is 3.77. The standard InChI is InChI=1S/C15H11N3O2/c19-18(20)12-8-5-11(6-9-12)7-10-15-13-3-1-2-4-14(13)16-17-15/h1-10H,(H,16,17)/b10-7+. The van der Waals surface area contributed by atoms with Crippen LogP contribution in [0.5, 0.6) is 0 Å². The molecule has 0 aliphatic carbocycles. The first-order valence-corrected chi connectivity index (χ1v) is 6.10. The highest BCUT2D eigenvalue weighted by Gasteiger charge is 2.03. The predicted octanol–water partition coefficient (Wildman–Crippen LogP) is 3.64. The van der Waals surface area contributed by atoms with E-state index in [2.05, 4.69) is 10.2 Å². The molecule has 0 aliphatic heterocycles. The van der Waals surface area contributed by atoms with Gasteiger partial charge in [-0.05, 0) is 29.8 Å². The Kier molecular flexibility index (Phi) is 3.01. The number of non-ortho nitro benzene ring substituents is 1. The van der Waals surface area contributed by atoms with Crippen LogP contribution in [0.2, 0.25) is 0 Å². The molecule has 2 aromatic carbocycles. The molecule has 98 valence electrons. The highest BCUT2D eigenvalue weighted by molar-refractivity contribution is 5.89. The third-order valence-corrected chi connectivity index (χ3v) is 3.04. The molecule has 0 saturated carbocycles. The summed E-state index contributed by atoms with van der Waals surface area (Å²) in [6, 6.07) is 14.3. The Bertz CT molecular complexity index is 788. The van der Waals surface area contributed by atoms with Gasteiger partial charge in [-0.25, -0.2) is 0 Å². The predicted molar refractivity (Wildman–Crippen MR) is 78.1 cm³/mol. The molecule has 0 unspecified atom stereocenters. The van der Waals surface area contributed by atoms with Crippen molar-refractivity contribution in [2.75, 3.05) is 0 Å². The van der Waals surface area contributed by atoms with Gasteiger partial charge < -0.3 is 0 Å².